The Morgan fingerprint density at radius 3 is 2.85 bits per heavy atom. The highest BCUT2D eigenvalue weighted by Crippen LogP contribution is 2.22. The highest BCUT2D eigenvalue weighted by atomic mass is 79.9. The van der Waals surface area contributed by atoms with Gasteiger partial charge in [0.15, 0.2) is 0 Å². The lowest BCUT2D eigenvalue weighted by Crippen LogP contribution is -2.11. The third-order valence-corrected chi connectivity index (χ3v) is 2.22. The van der Waals surface area contributed by atoms with Gasteiger partial charge in [0.1, 0.15) is 5.82 Å². The van der Waals surface area contributed by atoms with Gasteiger partial charge in [-0.05, 0) is 18.2 Å². The molecule has 4 heteroatoms. The van der Waals surface area contributed by atoms with Gasteiger partial charge in [-0.2, -0.15) is 5.26 Å². The first-order chi connectivity index (χ1) is 6.19. The van der Waals surface area contributed by atoms with Gasteiger partial charge >= 0.3 is 0 Å². The minimum absolute atomic E-state index is 0.129. The second-order valence-electron chi connectivity index (χ2n) is 2.58. The normalized spacial score (nSPS) is 12.2. The maximum atomic E-state index is 13.2. The molecular formula is C9H8BrFN2. The van der Waals surface area contributed by atoms with Gasteiger partial charge in [-0.3, -0.25) is 0 Å². The average molecular weight is 243 g/mol. The fraction of sp³-hybridized carbons (Fsp3) is 0.222. The number of nitrogens with zero attached hydrogens (tertiary/aromatic N) is 1. The molecular weight excluding hydrogens is 235 g/mol. The molecule has 1 unspecified atom stereocenters. The van der Waals surface area contributed by atoms with Crippen molar-refractivity contribution in [3.63, 3.8) is 0 Å². The molecule has 0 radical (unpaired) electrons. The molecule has 1 aromatic carbocycles. The number of nitriles is 1. The lowest BCUT2D eigenvalue weighted by Gasteiger charge is -2.07. The number of halogens is 2. The van der Waals surface area contributed by atoms with Crippen molar-refractivity contribution in [2.24, 2.45) is 5.73 Å². The maximum absolute atomic E-state index is 13.2. The molecule has 0 spiro atoms. The summed E-state index contributed by atoms with van der Waals surface area (Å²) in [5, 5.41) is 8.68. The highest BCUT2D eigenvalue weighted by Gasteiger charge is 2.13. The number of nitrogens with two attached hydrogens (primary N) is 1. The van der Waals surface area contributed by atoms with E-state index in [4.69, 9.17) is 11.0 Å². The van der Waals surface area contributed by atoms with E-state index in [1.54, 1.807) is 12.1 Å². The Balaban J connectivity index is 3.13. The zero-order valence-corrected chi connectivity index (χ0v) is 8.38. The molecule has 0 saturated heterocycles. The van der Waals surface area contributed by atoms with Gasteiger partial charge in [0.05, 0.1) is 12.0 Å². The van der Waals surface area contributed by atoms with E-state index in [2.05, 4.69) is 15.9 Å². The summed E-state index contributed by atoms with van der Waals surface area (Å²) in [6.45, 7) is 0.129. The van der Waals surface area contributed by atoms with Crippen molar-refractivity contribution in [2.45, 2.75) is 5.92 Å². The minimum Gasteiger partial charge on any atom is -0.329 e. The first kappa shape index (κ1) is 10.2. The van der Waals surface area contributed by atoms with Crippen LogP contribution in [0, 0.1) is 17.1 Å². The Bertz CT molecular complexity index is 346. The summed E-state index contributed by atoms with van der Waals surface area (Å²) >= 11 is 3.21. The molecule has 0 aliphatic carbocycles. The Kier molecular flexibility index (Phi) is 3.40. The Morgan fingerprint density at radius 1 is 1.62 bits per heavy atom. The molecule has 13 heavy (non-hydrogen) atoms. The molecule has 68 valence electrons. The molecule has 0 aliphatic rings. The van der Waals surface area contributed by atoms with Gasteiger partial charge in [0, 0.05) is 16.6 Å². The SMILES string of the molecule is N#CC(CN)c1cc(Br)ccc1F. The van der Waals surface area contributed by atoms with Crippen molar-refractivity contribution in [1.82, 2.24) is 0 Å². The molecule has 2 nitrogen and oxygen atoms in total. The van der Waals surface area contributed by atoms with E-state index in [-0.39, 0.29) is 12.4 Å². The molecule has 0 amide bonds. The summed E-state index contributed by atoms with van der Waals surface area (Å²) in [5.74, 6) is -0.960. The van der Waals surface area contributed by atoms with E-state index in [0.717, 1.165) is 4.47 Å². The van der Waals surface area contributed by atoms with Crippen molar-refractivity contribution in [1.29, 1.82) is 5.26 Å². The molecule has 1 rings (SSSR count). The smallest absolute Gasteiger partial charge is 0.127 e. The average Bonchev–Trinajstić information content (AvgIpc) is 2.13. The van der Waals surface area contributed by atoms with E-state index >= 15 is 0 Å². The fourth-order valence-corrected chi connectivity index (χ4v) is 1.41. The minimum atomic E-state index is -0.572. The molecule has 0 fully saturated rings. The summed E-state index contributed by atoms with van der Waals surface area (Å²) in [6, 6.07) is 6.44. The van der Waals surface area contributed by atoms with Crippen LogP contribution in [0.2, 0.25) is 0 Å². The molecule has 0 aromatic heterocycles. The second kappa shape index (κ2) is 4.35. The van der Waals surface area contributed by atoms with E-state index in [1.807, 2.05) is 6.07 Å². The summed E-state index contributed by atoms with van der Waals surface area (Å²) in [4.78, 5) is 0. The van der Waals surface area contributed by atoms with Crippen LogP contribution in [-0.4, -0.2) is 6.54 Å². The van der Waals surface area contributed by atoms with E-state index in [1.165, 1.54) is 6.07 Å². The third-order valence-electron chi connectivity index (χ3n) is 1.72. The van der Waals surface area contributed by atoms with Crippen molar-refractivity contribution in [3.05, 3.63) is 34.1 Å². The summed E-state index contributed by atoms with van der Waals surface area (Å²) in [7, 11) is 0. The summed E-state index contributed by atoms with van der Waals surface area (Å²) in [5.41, 5.74) is 5.68. The Labute approximate surface area is 84.3 Å². The van der Waals surface area contributed by atoms with Gasteiger partial charge in [-0.1, -0.05) is 15.9 Å². The van der Waals surface area contributed by atoms with Crippen LogP contribution in [0.3, 0.4) is 0 Å². The van der Waals surface area contributed by atoms with E-state index < -0.39 is 5.92 Å². The Morgan fingerprint density at radius 2 is 2.31 bits per heavy atom. The van der Waals surface area contributed by atoms with Crippen LogP contribution in [0.5, 0.6) is 0 Å². The third kappa shape index (κ3) is 2.27. The van der Waals surface area contributed by atoms with Crippen LogP contribution < -0.4 is 5.73 Å². The lowest BCUT2D eigenvalue weighted by atomic mass is 10.0. The molecule has 0 saturated carbocycles. The van der Waals surface area contributed by atoms with Crippen LogP contribution in [-0.2, 0) is 0 Å². The quantitative estimate of drug-likeness (QED) is 0.865. The highest BCUT2D eigenvalue weighted by molar-refractivity contribution is 9.10. The first-order valence-corrected chi connectivity index (χ1v) is 4.53. The molecule has 2 N–H and O–H groups in total. The van der Waals surface area contributed by atoms with Crippen LogP contribution in [0.25, 0.3) is 0 Å². The Hall–Kier alpha value is -0.920. The van der Waals surface area contributed by atoms with Gasteiger partial charge < -0.3 is 5.73 Å². The van der Waals surface area contributed by atoms with Crippen LogP contribution in [0.1, 0.15) is 11.5 Å². The zero-order valence-electron chi connectivity index (χ0n) is 6.80. The standard InChI is InChI=1S/C9H8BrFN2/c10-7-1-2-9(11)8(3-7)6(4-12)5-13/h1-3,6H,4,12H2. The molecule has 1 aromatic rings. The second-order valence-corrected chi connectivity index (χ2v) is 3.50. The van der Waals surface area contributed by atoms with Gasteiger partial charge in [0.2, 0.25) is 0 Å². The van der Waals surface area contributed by atoms with Crippen LogP contribution >= 0.6 is 15.9 Å². The predicted molar refractivity (Wildman–Crippen MR) is 51.5 cm³/mol. The van der Waals surface area contributed by atoms with Gasteiger partial charge in [0.25, 0.3) is 0 Å². The topological polar surface area (TPSA) is 49.8 Å². The zero-order chi connectivity index (χ0) is 9.84. The van der Waals surface area contributed by atoms with E-state index in [9.17, 15) is 4.39 Å². The van der Waals surface area contributed by atoms with E-state index in [0.29, 0.717) is 5.56 Å². The van der Waals surface area contributed by atoms with Gasteiger partial charge in [-0.25, -0.2) is 4.39 Å². The summed E-state index contributed by atoms with van der Waals surface area (Å²) < 4.78 is 13.9. The number of rotatable bonds is 2. The van der Waals surface area contributed by atoms with Crippen molar-refractivity contribution in [2.75, 3.05) is 6.54 Å². The van der Waals surface area contributed by atoms with Crippen molar-refractivity contribution in [3.8, 4) is 6.07 Å². The largest absolute Gasteiger partial charge is 0.329 e. The summed E-state index contributed by atoms with van der Waals surface area (Å²) in [6.07, 6.45) is 0. The number of hydrogen-bond acceptors (Lipinski definition) is 2. The van der Waals surface area contributed by atoms with Crippen LogP contribution in [0.15, 0.2) is 22.7 Å². The fourth-order valence-electron chi connectivity index (χ4n) is 1.03. The van der Waals surface area contributed by atoms with Crippen molar-refractivity contribution >= 4 is 15.9 Å². The number of benzene rings is 1. The molecule has 0 aliphatic heterocycles. The predicted octanol–water partition coefficient (Wildman–Crippen LogP) is 2.15. The maximum Gasteiger partial charge on any atom is 0.127 e. The molecule has 0 bridgehead atoms. The van der Waals surface area contributed by atoms with Crippen LogP contribution in [0.4, 0.5) is 4.39 Å². The first-order valence-electron chi connectivity index (χ1n) is 3.73. The van der Waals surface area contributed by atoms with Crippen molar-refractivity contribution < 1.29 is 4.39 Å². The number of hydrogen-bond donors (Lipinski definition) is 1. The monoisotopic (exact) mass is 242 g/mol. The van der Waals surface area contributed by atoms with Gasteiger partial charge in [-0.15, -0.1) is 0 Å². The lowest BCUT2D eigenvalue weighted by molar-refractivity contribution is 0.601. The molecule has 1 atom stereocenters. The molecule has 0 heterocycles.